The molecule has 5 rings (SSSR count). The molecule has 174 valence electrons. The number of fused-ring (bicyclic) bond motifs is 5. The van der Waals surface area contributed by atoms with E-state index in [2.05, 4.69) is 29.4 Å². The minimum absolute atomic E-state index is 0.000785. The van der Waals surface area contributed by atoms with Gasteiger partial charge in [0.15, 0.2) is 0 Å². The van der Waals surface area contributed by atoms with E-state index in [4.69, 9.17) is 4.74 Å². The van der Waals surface area contributed by atoms with Crippen LogP contribution in [-0.2, 0) is 14.3 Å². The van der Waals surface area contributed by atoms with Gasteiger partial charge in [0, 0.05) is 24.5 Å². The van der Waals surface area contributed by atoms with Crippen LogP contribution in [0.1, 0.15) is 72.1 Å². The highest BCUT2D eigenvalue weighted by atomic mass is 16.5. The van der Waals surface area contributed by atoms with E-state index in [0.29, 0.717) is 54.2 Å². The van der Waals surface area contributed by atoms with Gasteiger partial charge < -0.3 is 20.3 Å². The van der Waals surface area contributed by atoms with E-state index < -0.39 is 6.10 Å². The van der Waals surface area contributed by atoms with Crippen molar-refractivity contribution in [3.8, 4) is 0 Å². The van der Waals surface area contributed by atoms with E-state index in [1.54, 1.807) is 0 Å². The Morgan fingerprint density at radius 2 is 1.90 bits per heavy atom. The second-order valence-electron chi connectivity index (χ2n) is 11.3. The fourth-order valence-electron chi connectivity index (χ4n) is 7.72. The summed E-state index contributed by atoms with van der Waals surface area (Å²) in [5.74, 6) is 2.83. The van der Waals surface area contributed by atoms with Crippen LogP contribution in [0.3, 0.4) is 0 Å². The lowest BCUT2D eigenvalue weighted by Gasteiger charge is -2.52. The second-order valence-corrected chi connectivity index (χ2v) is 11.3. The Bertz CT molecular complexity index is 697. The summed E-state index contributed by atoms with van der Waals surface area (Å²) in [5.41, 5.74) is 0. The van der Waals surface area contributed by atoms with E-state index >= 15 is 0 Å². The molecule has 0 aromatic heterocycles. The van der Waals surface area contributed by atoms with Crippen LogP contribution in [0.5, 0.6) is 0 Å². The van der Waals surface area contributed by atoms with Gasteiger partial charge in [0.25, 0.3) is 0 Å². The first-order valence-electron chi connectivity index (χ1n) is 12.9. The van der Waals surface area contributed by atoms with Gasteiger partial charge in [0.1, 0.15) is 6.10 Å². The number of carbonyl (C=O) groups is 2. The molecule has 2 N–H and O–H groups in total. The first kappa shape index (κ1) is 21.7. The Morgan fingerprint density at radius 1 is 1.10 bits per heavy atom. The Hall–Kier alpha value is -1.14. The molecule has 5 fully saturated rings. The highest BCUT2D eigenvalue weighted by Gasteiger charge is 2.61. The highest BCUT2D eigenvalue weighted by molar-refractivity contribution is 5.82. The normalized spacial score (nSPS) is 42.6. The average Bonchev–Trinajstić information content (AvgIpc) is 3.10. The maximum absolute atomic E-state index is 13.6. The van der Waals surface area contributed by atoms with Crippen LogP contribution in [0.15, 0.2) is 0 Å². The summed E-state index contributed by atoms with van der Waals surface area (Å²) in [5, 5.41) is 6.86. The fourth-order valence-corrected chi connectivity index (χ4v) is 7.72. The Morgan fingerprint density at radius 3 is 2.71 bits per heavy atom. The fraction of sp³-hybridized carbons (Fsp3) is 0.920. The zero-order valence-electron chi connectivity index (χ0n) is 19.5. The summed E-state index contributed by atoms with van der Waals surface area (Å²) in [7, 11) is 0. The molecule has 2 aliphatic carbocycles. The monoisotopic (exact) mass is 431 g/mol. The van der Waals surface area contributed by atoms with Gasteiger partial charge in [-0.1, -0.05) is 26.7 Å². The molecule has 2 amide bonds. The van der Waals surface area contributed by atoms with Crippen molar-refractivity contribution >= 4 is 11.8 Å². The van der Waals surface area contributed by atoms with Gasteiger partial charge in [-0.05, 0) is 75.7 Å². The lowest BCUT2D eigenvalue weighted by atomic mass is 9.66. The molecule has 3 aliphatic heterocycles. The zero-order chi connectivity index (χ0) is 21.7. The van der Waals surface area contributed by atoms with Crippen LogP contribution < -0.4 is 10.6 Å². The molecular formula is C25H41N3O3. The molecule has 3 saturated heterocycles. The van der Waals surface area contributed by atoms with Gasteiger partial charge in [-0.15, -0.1) is 0 Å². The number of ether oxygens (including phenoxy) is 1. The van der Waals surface area contributed by atoms with Gasteiger partial charge in [0.2, 0.25) is 11.8 Å². The van der Waals surface area contributed by atoms with Gasteiger partial charge in [0.05, 0.1) is 12.1 Å². The Balaban J connectivity index is 1.28. The third kappa shape index (κ3) is 3.82. The molecule has 5 aliphatic rings. The van der Waals surface area contributed by atoms with E-state index in [-0.39, 0.29) is 17.9 Å². The number of rotatable bonds is 5. The van der Waals surface area contributed by atoms with Crippen molar-refractivity contribution in [2.45, 2.75) is 102 Å². The minimum atomic E-state index is -0.408. The van der Waals surface area contributed by atoms with Gasteiger partial charge in [-0.3, -0.25) is 9.59 Å². The molecule has 6 nitrogen and oxygen atoms in total. The molecule has 8 unspecified atom stereocenters. The predicted molar refractivity (Wildman–Crippen MR) is 119 cm³/mol. The van der Waals surface area contributed by atoms with Crippen molar-refractivity contribution in [3.63, 3.8) is 0 Å². The number of hydrogen-bond donors (Lipinski definition) is 2. The van der Waals surface area contributed by atoms with E-state index in [0.717, 1.165) is 32.2 Å². The second kappa shape index (κ2) is 8.66. The number of carbonyl (C=O) groups excluding carboxylic acids is 2. The molecule has 0 spiro atoms. The van der Waals surface area contributed by atoms with Crippen molar-refractivity contribution in [2.75, 3.05) is 13.1 Å². The Kier molecular flexibility index (Phi) is 6.06. The molecule has 2 saturated carbocycles. The number of amides is 2. The number of hydrogen-bond acceptors (Lipinski definition) is 4. The van der Waals surface area contributed by atoms with E-state index in [9.17, 15) is 9.59 Å². The predicted octanol–water partition coefficient (Wildman–Crippen LogP) is 2.71. The molecule has 0 bridgehead atoms. The standard InChI is InChI=1S/C25H41N3O3/c1-14(2)13-27-24(29)15(3)31-16-8-9-21-20(12-16)18-10-11-26-22-17-6-4-5-7-19(17)25(30)28(21)23(18)22/h14-23,26H,4-13H2,1-3H3,(H,27,29)/t15-,16?,17?,18?,19?,20?,21?,22?,23?/m1/s1. The summed E-state index contributed by atoms with van der Waals surface area (Å²) in [6.07, 6.45) is 8.67. The molecule has 0 aromatic carbocycles. The van der Waals surface area contributed by atoms with Crippen LogP contribution in [0.4, 0.5) is 0 Å². The summed E-state index contributed by atoms with van der Waals surface area (Å²) in [4.78, 5) is 28.4. The zero-order valence-corrected chi connectivity index (χ0v) is 19.5. The number of piperidine rings is 2. The topological polar surface area (TPSA) is 70.7 Å². The van der Waals surface area contributed by atoms with Gasteiger partial charge in [-0.25, -0.2) is 0 Å². The van der Waals surface area contributed by atoms with Crippen molar-refractivity contribution < 1.29 is 14.3 Å². The maximum atomic E-state index is 13.6. The van der Waals surface area contributed by atoms with Crippen molar-refractivity contribution in [1.82, 2.24) is 15.5 Å². The molecule has 31 heavy (non-hydrogen) atoms. The summed E-state index contributed by atoms with van der Waals surface area (Å²) in [6.45, 7) is 7.87. The van der Waals surface area contributed by atoms with Crippen LogP contribution >= 0.6 is 0 Å². The molecule has 6 heteroatoms. The maximum Gasteiger partial charge on any atom is 0.248 e. The van der Waals surface area contributed by atoms with E-state index in [1.807, 2.05) is 6.92 Å². The lowest BCUT2D eigenvalue weighted by molar-refractivity contribution is -0.152. The van der Waals surface area contributed by atoms with Crippen LogP contribution in [0.25, 0.3) is 0 Å². The number of nitrogens with zero attached hydrogens (tertiary/aromatic N) is 1. The van der Waals surface area contributed by atoms with E-state index in [1.165, 1.54) is 25.7 Å². The van der Waals surface area contributed by atoms with Crippen LogP contribution in [0.2, 0.25) is 0 Å². The summed E-state index contributed by atoms with van der Waals surface area (Å²) in [6, 6.07) is 1.27. The summed E-state index contributed by atoms with van der Waals surface area (Å²) < 4.78 is 6.27. The molecule has 0 aromatic rings. The van der Waals surface area contributed by atoms with Gasteiger partial charge in [-0.2, -0.15) is 0 Å². The minimum Gasteiger partial charge on any atom is -0.365 e. The first-order valence-corrected chi connectivity index (χ1v) is 12.9. The SMILES string of the molecule is CC(C)CNC(=O)[C@@H](C)OC1CCC2C(C1)C1CCNC3C4CCCCC4C(=O)N2C13. The molecular weight excluding hydrogens is 390 g/mol. The first-order chi connectivity index (χ1) is 15.0. The van der Waals surface area contributed by atoms with Crippen molar-refractivity contribution in [3.05, 3.63) is 0 Å². The van der Waals surface area contributed by atoms with Crippen molar-refractivity contribution in [2.24, 2.45) is 29.6 Å². The lowest BCUT2D eigenvalue weighted by Crippen LogP contribution is -2.66. The molecule has 0 radical (unpaired) electrons. The smallest absolute Gasteiger partial charge is 0.248 e. The average molecular weight is 432 g/mol. The molecule has 3 heterocycles. The quantitative estimate of drug-likeness (QED) is 0.702. The molecule has 9 atom stereocenters. The van der Waals surface area contributed by atoms with Crippen molar-refractivity contribution in [1.29, 1.82) is 0 Å². The third-order valence-corrected chi connectivity index (χ3v) is 9.01. The third-order valence-electron chi connectivity index (χ3n) is 9.01. The van der Waals surface area contributed by atoms with Crippen LogP contribution in [-0.4, -0.2) is 60.1 Å². The largest absolute Gasteiger partial charge is 0.365 e. The summed E-state index contributed by atoms with van der Waals surface area (Å²) >= 11 is 0. The van der Waals surface area contributed by atoms with Gasteiger partial charge >= 0.3 is 0 Å². The Labute approximate surface area is 187 Å². The van der Waals surface area contributed by atoms with Crippen LogP contribution in [0, 0.1) is 29.6 Å². The number of nitrogens with one attached hydrogen (secondary N) is 2. The highest BCUT2D eigenvalue weighted by Crippen LogP contribution is 2.54.